The number of benzene rings is 1. The second-order valence-corrected chi connectivity index (χ2v) is 8.16. The number of ether oxygens (including phenoxy) is 1. The highest BCUT2D eigenvalue weighted by Gasteiger charge is 2.61. The predicted octanol–water partition coefficient (Wildman–Crippen LogP) is 5.65. The number of carbonyl (C=O) groups is 2. The summed E-state index contributed by atoms with van der Waals surface area (Å²) >= 11 is 0. The fourth-order valence-electron chi connectivity index (χ4n) is 5.00. The third-order valence-electron chi connectivity index (χ3n) is 6.18. The molecule has 1 aliphatic carbocycles. The van der Waals surface area contributed by atoms with Crippen LogP contribution in [-0.2, 0) is 9.53 Å². The number of Topliss-reactive ketones (excluding diaryl/α,β-unsaturated/α-hetero) is 2. The Labute approximate surface area is 173 Å². The molecule has 1 aromatic rings. The highest BCUT2D eigenvalue weighted by molar-refractivity contribution is 6.14. The zero-order valence-corrected chi connectivity index (χ0v) is 17.1. The molecule has 29 heavy (non-hydrogen) atoms. The van der Waals surface area contributed by atoms with Crippen LogP contribution in [0.2, 0.25) is 0 Å². The van der Waals surface area contributed by atoms with E-state index in [1.807, 2.05) is 42.5 Å². The van der Waals surface area contributed by atoms with E-state index in [9.17, 15) is 9.59 Å². The summed E-state index contributed by atoms with van der Waals surface area (Å²) in [5, 5.41) is 0. The third-order valence-corrected chi connectivity index (χ3v) is 6.18. The van der Waals surface area contributed by atoms with E-state index < -0.39 is 11.0 Å². The second kappa shape index (κ2) is 8.87. The Hall–Kier alpha value is -2.52. The highest BCUT2D eigenvalue weighted by atomic mass is 16.5. The van der Waals surface area contributed by atoms with Crippen LogP contribution in [0.5, 0.6) is 0 Å². The number of carbonyl (C=O) groups excluding carboxylic acids is 2. The SMILES string of the molecule is C=CCCC=C(C(=O)c1ccccc1)C1(CC=C)CC2COC(CC=C)(C2)C1=O. The Morgan fingerprint density at radius 3 is 2.41 bits per heavy atom. The number of hydrogen-bond acceptors (Lipinski definition) is 3. The number of rotatable bonds is 10. The zero-order chi connectivity index (χ0) is 20.9. The molecule has 3 nitrogen and oxygen atoms in total. The van der Waals surface area contributed by atoms with E-state index >= 15 is 0 Å². The molecule has 1 aliphatic heterocycles. The van der Waals surface area contributed by atoms with Crippen molar-refractivity contribution in [3.05, 3.63) is 85.5 Å². The van der Waals surface area contributed by atoms with Gasteiger partial charge in [0.25, 0.3) is 0 Å². The molecule has 3 unspecified atom stereocenters. The van der Waals surface area contributed by atoms with Crippen molar-refractivity contribution in [2.75, 3.05) is 6.61 Å². The second-order valence-electron chi connectivity index (χ2n) is 8.16. The van der Waals surface area contributed by atoms with Gasteiger partial charge in [-0.15, -0.1) is 19.7 Å². The average Bonchev–Trinajstić information content (AvgIpc) is 3.09. The summed E-state index contributed by atoms with van der Waals surface area (Å²) in [6.45, 7) is 12.1. The van der Waals surface area contributed by atoms with Gasteiger partial charge in [-0.3, -0.25) is 9.59 Å². The van der Waals surface area contributed by atoms with Crippen LogP contribution in [0.15, 0.2) is 79.9 Å². The summed E-state index contributed by atoms with van der Waals surface area (Å²) in [6, 6.07) is 9.20. The van der Waals surface area contributed by atoms with Gasteiger partial charge in [0.1, 0.15) is 5.60 Å². The number of hydrogen-bond donors (Lipinski definition) is 0. The van der Waals surface area contributed by atoms with Gasteiger partial charge in [0, 0.05) is 17.6 Å². The standard InChI is InChI=1S/C26H30O3/c1-4-7-9-14-22(23(27)21-12-10-8-11-13-21)25(15-5-2)17-20-18-26(16-6-3,24(25)28)29-19-20/h4-6,8,10-14,20H,1-3,7,9,15-19H2. The summed E-state index contributed by atoms with van der Waals surface area (Å²) in [5.74, 6) is 0.173. The van der Waals surface area contributed by atoms with E-state index in [2.05, 4.69) is 19.7 Å². The van der Waals surface area contributed by atoms with Gasteiger partial charge < -0.3 is 4.74 Å². The largest absolute Gasteiger partial charge is 0.367 e. The minimum atomic E-state index is -0.904. The zero-order valence-electron chi connectivity index (χ0n) is 17.1. The van der Waals surface area contributed by atoms with E-state index in [0.29, 0.717) is 49.8 Å². The molecule has 0 radical (unpaired) electrons. The Morgan fingerprint density at radius 1 is 1.03 bits per heavy atom. The molecule has 1 saturated heterocycles. The summed E-state index contributed by atoms with van der Waals surface area (Å²) in [6.07, 6.45) is 11.0. The fraction of sp³-hybridized carbons (Fsp3) is 0.385. The molecule has 1 aromatic carbocycles. The molecule has 3 heteroatoms. The van der Waals surface area contributed by atoms with Crippen molar-refractivity contribution in [2.24, 2.45) is 11.3 Å². The van der Waals surface area contributed by atoms with Gasteiger partial charge in [0.05, 0.1) is 12.0 Å². The molecule has 1 saturated carbocycles. The van der Waals surface area contributed by atoms with Gasteiger partial charge in [-0.2, -0.15) is 0 Å². The van der Waals surface area contributed by atoms with E-state index in [0.717, 1.165) is 6.42 Å². The summed E-state index contributed by atoms with van der Waals surface area (Å²) in [5.41, 5.74) is -0.593. The number of allylic oxidation sites excluding steroid dienone is 4. The summed E-state index contributed by atoms with van der Waals surface area (Å²) < 4.78 is 6.07. The van der Waals surface area contributed by atoms with Crippen LogP contribution in [-0.4, -0.2) is 23.8 Å². The molecular weight excluding hydrogens is 360 g/mol. The van der Waals surface area contributed by atoms with Crippen LogP contribution in [0.3, 0.4) is 0 Å². The van der Waals surface area contributed by atoms with Crippen molar-refractivity contribution in [3.63, 3.8) is 0 Å². The Bertz CT molecular complexity index is 835. The van der Waals surface area contributed by atoms with Crippen LogP contribution < -0.4 is 0 Å². The van der Waals surface area contributed by atoms with Crippen molar-refractivity contribution >= 4 is 11.6 Å². The first-order valence-corrected chi connectivity index (χ1v) is 10.3. The molecule has 2 bridgehead atoms. The Morgan fingerprint density at radius 2 is 1.76 bits per heavy atom. The van der Waals surface area contributed by atoms with Gasteiger partial charge in [0.15, 0.2) is 11.6 Å². The van der Waals surface area contributed by atoms with Crippen LogP contribution in [0.4, 0.5) is 0 Å². The molecule has 2 aliphatic rings. The van der Waals surface area contributed by atoms with Crippen LogP contribution in [0.1, 0.15) is 48.9 Å². The van der Waals surface area contributed by atoms with Crippen molar-refractivity contribution < 1.29 is 14.3 Å². The predicted molar refractivity (Wildman–Crippen MR) is 117 cm³/mol. The lowest BCUT2D eigenvalue weighted by Crippen LogP contribution is -2.53. The minimum absolute atomic E-state index is 0.00711. The molecule has 3 atom stereocenters. The molecule has 2 fully saturated rings. The van der Waals surface area contributed by atoms with Gasteiger partial charge >= 0.3 is 0 Å². The van der Waals surface area contributed by atoms with Gasteiger partial charge in [-0.1, -0.05) is 54.6 Å². The van der Waals surface area contributed by atoms with Crippen molar-refractivity contribution in [1.82, 2.24) is 0 Å². The molecule has 1 heterocycles. The maximum absolute atomic E-state index is 14.0. The average molecular weight is 391 g/mol. The molecule has 0 N–H and O–H groups in total. The lowest BCUT2D eigenvalue weighted by Gasteiger charge is -2.44. The van der Waals surface area contributed by atoms with Crippen molar-refractivity contribution in [3.8, 4) is 0 Å². The number of unbranched alkanes of at least 4 members (excludes halogenated alkanes) is 1. The van der Waals surface area contributed by atoms with Crippen LogP contribution in [0, 0.1) is 11.3 Å². The van der Waals surface area contributed by atoms with E-state index in [-0.39, 0.29) is 17.5 Å². The van der Waals surface area contributed by atoms with Gasteiger partial charge in [-0.05, 0) is 38.0 Å². The van der Waals surface area contributed by atoms with E-state index in [4.69, 9.17) is 4.74 Å². The van der Waals surface area contributed by atoms with E-state index in [1.165, 1.54) is 0 Å². The first-order chi connectivity index (χ1) is 14.0. The summed E-state index contributed by atoms with van der Waals surface area (Å²) in [4.78, 5) is 27.6. The van der Waals surface area contributed by atoms with Crippen LogP contribution >= 0.6 is 0 Å². The molecule has 152 valence electrons. The lowest BCUT2D eigenvalue weighted by atomic mass is 9.57. The van der Waals surface area contributed by atoms with Crippen LogP contribution in [0.25, 0.3) is 0 Å². The first-order valence-electron chi connectivity index (χ1n) is 10.3. The first kappa shape index (κ1) is 21.2. The topological polar surface area (TPSA) is 43.4 Å². The molecular formula is C26H30O3. The normalized spacial score (nSPS) is 28.8. The quantitative estimate of drug-likeness (QED) is 0.224. The smallest absolute Gasteiger partial charge is 0.189 e. The maximum atomic E-state index is 14.0. The van der Waals surface area contributed by atoms with E-state index in [1.54, 1.807) is 12.2 Å². The lowest BCUT2D eigenvalue weighted by molar-refractivity contribution is -0.148. The molecule has 3 rings (SSSR count). The molecule has 0 spiro atoms. The Kier molecular flexibility index (Phi) is 6.49. The number of ketones is 2. The Balaban J connectivity index is 2.13. The molecule has 0 amide bonds. The maximum Gasteiger partial charge on any atom is 0.189 e. The summed E-state index contributed by atoms with van der Waals surface area (Å²) in [7, 11) is 0. The monoisotopic (exact) mass is 390 g/mol. The molecule has 0 aromatic heterocycles. The fourth-order valence-corrected chi connectivity index (χ4v) is 5.00. The van der Waals surface area contributed by atoms with Gasteiger partial charge in [0.2, 0.25) is 0 Å². The van der Waals surface area contributed by atoms with Crippen molar-refractivity contribution in [1.29, 1.82) is 0 Å². The third kappa shape index (κ3) is 3.84. The van der Waals surface area contributed by atoms with Gasteiger partial charge in [-0.25, -0.2) is 0 Å². The minimum Gasteiger partial charge on any atom is -0.367 e. The number of fused-ring (bicyclic) bond motifs is 2. The highest BCUT2D eigenvalue weighted by Crippen LogP contribution is 2.55. The van der Waals surface area contributed by atoms with Crippen molar-refractivity contribution in [2.45, 2.75) is 44.1 Å².